The maximum Gasteiger partial charge on any atom is 0.278 e. The van der Waals surface area contributed by atoms with Crippen LogP contribution in [-0.4, -0.2) is 54.7 Å². The van der Waals surface area contributed by atoms with Gasteiger partial charge in [-0.25, -0.2) is 24.9 Å². The highest BCUT2D eigenvalue weighted by Gasteiger charge is 2.32. The van der Waals surface area contributed by atoms with Crippen LogP contribution < -0.4 is 10.6 Å². The molecular weight excluding hydrogens is 408 g/mol. The molecule has 162 valence electrons. The molecule has 10 heteroatoms. The normalized spacial score (nSPS) is 15.2. The summed E-state index contributed by atoms with van der Waals surface area (Å²) in [5.74, 6) is -0.0871. The van der Waals surface area contributed by atoms with Crippen LogP contribution >= 0.6 is 0 Å². The molecule has 0 aliphatic heterocycles. The molecule has 0 spiro atoms. The number of carbonyl (C=O) groups is 2. The van der Waals surface area contributed by atoms with Gasteiger partial charge in [0, 0.05) is 25.2 Å². The third kappa shape index (κ3) is 4.25. The van der Waals surface area contributed by atoms with Gasteiger partial charge in [0.15, 0.2) is 17.2 Å². The number of pyridine rings is 1. The zero-order valence-electron chi connectivity index (χ0n) is 17.5. The third-order valence-corrected chi connectivity index (χ3v) is 5.50. The molecule has 3 aromatic heterocycles. The van der Waals surface area contributed by atoms with Crippen LogP contribution in [0.3, 0.4) is 0 Å². The van der Waals surface area contributed by atoms with E-state index in [4.69, 9.17) is 0 Å². The molecule has 2 N–H and O–H groups in total. The SMILES string of the molecule is CN(C(=O)c1ncccc1NC(=O)c1nc(C2CC2)cnc1Nc1cncnc1)C1CC1. The van der Waals surface area contributed by atoms with E-state index in [9.17, 15) is 9.59 Å². The van der Waals surface area contributed by atoms with Crippen LogP contribution in [0.15, 0.2) is 43.2 Å². The largest absolute Gasteiger partial charge is 0.337 e. The second-order valence-corrected chi connectivity index (χ2v) is 8.02. The zero-order chi connectivity index (χ0) is 22.1. The van der Waals surface area contributed by atoms with Crippen molar-refractivity contribution in [1.29, 1.82) is 0 Å². The lowest BCUT2D eigenvalue weighted by atomic mass is 10.2. The molecule has 0 aromatic carbocycles. The van der Waals surface area contributed by atoms with Crippen molar-refractivity contribution in [1.82, 2.24) is 29.8 Å². The van der Waals surface area contributed by atoms with E-state index < -0.39 is 5.91 Å². The van der Waals surface area contributed by atoms with E-state index in [1.807, 2.05) is 0 Å². The lowest BCUT2D eigenvalue weighted by molar-refractivity contribution is 0.0780. The molecule has 0 atom stereocenters. The molecule has 3 aromatic rings. The van der Waals surface area contributed by atoms with E-state index in [2.05, 4.69) is 35.6 Å². The molecular formula is C22H22N8O2. The average Bonchev–Trinajstić information content (AvgIpc) is 3.72. The maximum absolute atomic E-state index is 13.3. The first-order valence-corrected chi connectivity index (χ1v) is 10.5. The molecule has 2 fully saturated rings. The standard InChI is InChI=1S/C22H22N8O2/c1-30(15-6-7-15)22(32)18-16(3-2-8-25-18)29-21(31)19-20(27-14-9-23-12-24-10-14)26-11-17(28-19)13-4-5-13/h2-3,8-13,15H,4-7H2,1H3,(H,26,27)(H,29,31). The summed E-state index contributed by atoms with van der Waals surface area (Å²) in [6.45, 7) is 0. The lowest BCUT2D eigenvalue weighted by Gasteiger charge is -2.18. The van der Waals surface area contributed by atoms with Crippen molar-refractivity contribution in [2.24, 2.45) is 0 Å². The van der Waals surface area contributed by atoms with Crippen molar-refractivity contribution in [3.63, 3.8) is 0 Å². The van der Waals surface area contributed by atoms with Crippen molar-refractivity contribution >= 4 is 29.0 Å². The number of nitrogens with zero attached hydrogens (tertiary/aromatic N) is 6. The average molecular weight is 430 g/mol. The zero-order valence-corrected chi connectivity index (χ0v) is 17.5. The molecule has 10 nitrogen and oxygen atoms in total. The highest BCUT2D eigenvalue weighted by atomic mass is 16.2. The van der Waals surface area contributed by atoms with Crippen LogP contribution in [0.1, 0.15) is 58.3 Å². The first-order valence-electron chi connectivity index (χ1n) is 10.5. The van der Waals surface area contributed by atoms with Crippen molar-refractivity contribution < 1.29 is 9.59 Å². The molecule has 2 aliphatic carbocycles. The van der Waals surface area contributed by atoms with Crippen LogP contribution in [0.4, 0.5) is 17.2 Å². The van der Waals surface area contributed by atoms with E-state index >= 15 is 0 Å². The summed E-state index contributed by atoms with van der Waals surface area (Å²) >= 11 is 0. The van der Waals surface area contributed by atoms with E-state index in [0.717, 1.165) is 31.4 Å². The Morgan fingerprint density at radius 1 is 1.03 bits per heavy atom. The van der Waals surface area contributed by atoms with Gasteiger partial charge in [0.25, 0.3) is 11.8 Å². The van der Waals surface area contributed by atoms with Gasteiger partial charge >= 0.3 is 0 Å². The monoisotopic (exact) mass is 430 g/mol. The van der Waals surface area contributed by atoms with Gasteiger partial charge in [-0.1, -0.05) is 0 Å². The van der Waals surface area contributed by atoms with Crippen LogP contribution in [0.5, 0.6) is 0 Å². The number of anilines is 3. The number of nitrogens with one attached hydrogen (secondary N) is 2. The van der Waals surface area contributed by atoms with E-state index in [1.54, 1.807) is 48.9 Å². The van der Waals surface area contributed by atoms with Crippen molar-refractivity contribution in [2.45, 2.75) is 37.6 Å². The Morgan fingerprint density at radius 3 is 2.53 bits per heavy atom. The Morgan fingerprint density at radius 2 is 1.81 bits per heavy atom. The number of rotatable bonds is 7. The van der Waals surface area contributed by atoms with Gasteiger partial charge in [0.1, 0.15) is 6.33 Å². The molecule has 0 saturated heterocycles. The van der Waals surface area contributed by atoms with Crippen LogP contribution in [0.2, 0.25) is 0 Å². The summed E-state index contributed by atoms with van der Waals surface area (Å²) < 4.78 is 0. The number of hydrogen-bond acceptors (Lipinski definition) is 8. The molecule has 3 heterocycles. The Bertz CT molecular complexity index is 1160. The van der Waals surface area contributed by atoms with Crippen LogP contribution in [-0.2, 0) is 0 Å². The van der Waals surface area contributed by atoms with Crippen molar-refractivity contribution in [3.05, 3.63) is 60.3 Å². The predicted molar refractivity (Wildman–Crippen MR) is 117 cm³/mol. The molecule has 32 heavy (non-hydrogen) atoms. The van der Waals surface area contributed by atoms with E-state index in [-0.39, 0.29) is 29.2 Å². The first kappa shape index (κ1) is 20.0. The quantitative estimate of drug-likeness (QED) is 0.586. The fourth-order valence-corrected chi connectivity index (χ4v) is 3.38. The Balaban J connectivity index is 1.44. The number of aromatic nitrogens is 5. The number of hydrogen-bond donors (Lipinski definition) is 2. The second-order valence-electron chi connectivity index (χ2n) is 8.02. The van der Waals surface area contributed by atoms with Gasteiger partial charge in [-0.05, 0) is 37.8 Å². The molecule has 5 rings (SSSR count). The summed E-state index contributed by atoms with van der Waals surface area (Å²) in [6.07, 6.45) is 11.8. The molecule has 2 saturated carbocycles. The summed E-state index contributed by atoms with van der Waals surface area (Å²) in [5.41, 5.74) is 2.03. The predicted octanol–water partition coefficient (Wildman–Crippen LogP) is 2.77. The van der Waals surface area contributed by atoms with Gasteiger partial charge in [0.2, 0.25) is 0 Å². The second kappa shape index (κ2) is 8.29. The summed E-state index contributed by atoms with van der Waals surface area (Å²) in [5, 5.41) is 5.87. The maximum atomic E-state index is 13.3. The van der Waals surface area contributed by atoms with Gasteiger partial charge < -0.3 is 15.5 Å². The lowest BCUT2D eigenvalue weighted by Crippen LogP contribution is -2.30. The molecule has 0 unspecified atom stereocenters. The van der Waals surface area contributed by atoms with Gasteiger partial charge in [-0.3, -0.25) is 9.59 Å². The topological polar surface area (TPSA) is 126 Å². The third-order valence-electron chi connectivity index (χ3n) is 5.50. The molecule has 0 bridgehead atoms. The molecule has 2 aliphatic rings. The van der Waals surface area contributed by atoms with Crippen LogP contribution in [0.25, 0.3) is 0 Å². The number of carbonyl (C=O) groups excluding carboxylic acids is 2. The summed E-state index contributed by atoms with van der Waals surface area (Å²) in [7, 11) is 1.76. The Hall–Kier alpha value is -3.95. The Labute approximate surface area is 184 Å². The van der Waals surface area contributed by atoms with Crippen molar-refractivity contribution in [3.8, 4) is 0 Å². The number of amides is 2. The van der Waals surface area contributed by atoms with Gasteiger partial charge in [0.05, 0.1) is 35.7 Å². The van der Waals surface area contributed by atoms with E-state index in [1.165, 1.54) is 6.33 Å². The van der Waals surface area contributed by atoms with Crippen LogP contribution in [0, 0.1) is 0 Å². The smallest absolute Gasteiger partial charge is 0.278 e. The van der Waals surface area contributed by atoms with E-state index in [0.29, 0.717) is 17.3 Å². The fraction of sp³-hybridized carbons (Fsp3) is 0.318. The Kier molecular flexibility index (Phi) is 5.18. The highest BCUT2D eigenvalue weighted by Crippen LogP contribution is 2.39. The van der Waals surface area contributed by atoms with Gasteiger partial charge in [-0.2, -0.15) is 0 Å². The summed E-state index contributed by atoms with van der Waals surface area (Å²) in [4.78, 5) is 49.0. The highest BCUT2D eigenvalue weighted by molar-refractivity contribution is 6.09. The summed E-state index contributed by atoms with van der Waals surface area (Å²) in [6, 6.07) is 3.57. The minimum absolute atomic E-state index is 0.135. The minimum Gasteiger partial charge on any atom is -0.337 e. The van der Waals surface area contributed by atoms with Crippen molar-refractivity contribution in [2.75, 3.05) is 17.7 Å². The fourth-order valence-electron chi connectivity index (χ4n) is 3.38. The molecule has 2 amide bonds. The minimum atomic E-state index is -0.476. The molecule has 0 radical (unpaired) electrons. The van der Waals surface area contributed by atoms with Gasteiger partial charge in [-0.15, -0.1) is 0 Å². The first-order chi connectivity index (χ1) is 15.6.